The number of hydrogen-bond acceptors (Lipinski definition) is 2. The van der Waals surface area contributed by atoms with Crippen molar-refractivity contribution in [3.05, 3.63) is 90.5 Å². The van der Waals surface area contributed by atoms with Gasteiger partial charge in [-0.05, 0) is 35.7 Å². The van der Waals surface area contributed by atoms with Crippen molar-refractivity contribution in [1.82, 2.24) is 0 Å². The Morgan fingerprint density at radius 2 is 1.18 bits per heavy atom. The molecule has 0 spiro atoms. The fraction of sp³-hybridized carbons (Fsp3) is 0.100. The summed E-state index contributed by atoms with van der Waals surface area (Å²) < 4.78 is 0. The molecule has 1 atom stereocenters. The van der Waals surface area contributed by atoms with Gasteiger partial charge in [0.05, 0.1) is 11.7 Å². The van der Waals surface area contributed by atoms with Crippen molar-refractivity contribution in [3.8, 4) is 11.1 Å². The minimum absolute atomic E-state index is 0.0648. The molecule has 0 amide bonds. The minimum Gasteiger partial charge on any atom is -0.181 e. The molecule has 0 aromatic heterocycles. The Bertz CT molecular complexity index is 732. The highest BCUT2D eigenvalue weighted by molar-refractivity contribution is 5.65. The van der Waals surface area contributed by atoms with E-state index in [1.165, 1.54) is 16.7 Å². The Morgan fingerprint density at radius 1 is 0.636 bits per heavy atom. The third-order valence-electron chi connectivity index (χ3n) is 3.60. The quantitative estimate of drug-likeness (QED) is 0.510. The third kappa shape index (κ3) is 3.47. The summed E-state index contributed by atoms with van der Waals surface area (Å²) in [6.07, 6.45) is 0. The van der Waals surface area contributed by atoms with Crippen LogP contribution in [0.1, 0.15) is 18.5 Å². The van der Waals surface area contributed by atoms with Crippen molar-refractivity contribution < 1.29 is 0 Å². The molecule has 0 bridgehead atoms. The second kappa shape index (κ2) is 6.81. The van der Waals surface area contributed by atoms with Gasteiger partial charge in [-0.1, -0.05) is 72.8 Å². The third-order valence-corrected chi connectivity index (χ3v) is 3.60. The molecule has 2 nitrogen and oxygen atoms in total. The smallest absolute Gasteiger partial charge is 0.0934 e. The van der Waals surface area contributed by atoms with E-state index < -0.39 is 0 Å². The fourth-order valence-electron chi connectivity index (χ4n) is 2.30. The summed E-state index contributed by atoms with van der Waals surface area (Å²) in [4.78, 5) is 0. The van der Waals surface area contributed by atoms with Gasteiger partial charge in [0.25, 0.3) is 0 Å². The lowest BCUT2D eigenvalue weighted by Gasteiger charge is -2.05. The molecule has 0 aliphatic heterocycles. The van der Waals surface area contributed by atoms with E-state index in [2.05, 4.69) is 53.6 Å². The fourth-order valence-corrected chi connectivity index (χ4v) is 2.30. The number of nitrogens with zero attached hydrogens (tertiary/aromatic N) is 2. The van der Waals surface area contributed by atoms with Crippen molar-refractivity contribution in [2.45, 2.75) is 13.0 Å². The topological polar surface area (TPSA) is 24.7 Å². The highest BCUT2D eigenvalue weighted by Gasteiger charge is 2.02. The zero-order chi connectivity index (χ0) is 15.2. The van der Waals surface area contributed by atoms with Crippen LogP contribution in [0.2, 0.25) is 0 Å². The van der Waals surface area contributed by atoms with Gasteiger partial charge in [-0.3, -0.25) is 0 Å². The number of rotatable bonds is 4. The van der Waals surface area contributed by atoms with Gasteiger partial charge >= 0.3 is 0 Å². The first kappa shape index (κ1) is 14.2. The average molecular weight is 286 g/mol. The van der Waals surface area contributed by atoms with Crippen molar-refractivity contribution in [2.24, 2.45) is 10.2 Å². The zero-order valence-electron chi connectivity index (χ0n) is 12.6. The number of hydrogen-bond donors (Lipinski definition) is 0. The molecule has 0 aliphatic carbocycles. The molecule has 108 valence electrons. The predicted octanol–water partition coefficient (Wildman–Crippen LogP) is 6.20. The Kier molecular flexibility index (Phi) is 4.40. The SMILES string of the molecule is CC(N=Nc1ccc(-c2ccccc2)cc1)c1ccccc1. The maximum absolute atomic E-state index is 4.39. The van der Waals surface area contributed by atoms with Gasteiger partial charge in [0.1, 0.15) is 0 Å². The van der Waals surface area contributed by atoms with Crippen LogP contribution in [0.15, 0.2) is 95.2 Å². The van der Waals surface area contributed by atoms with E-state index in [1.54, 1.807) is 0 Å². The Balaban J connectivity index is 1.72. The first-order valence-electron chi connectivity index (χ1n) is 7.44. The summed E-state index contributed by atoms with van der Waals surface area (Å²) >= 11 is 0. The number of azo groups is 1. The lowest BCUT2D eigenvalue weighted by Crippen LogP contribution is -1.86. The molecule has 2 heteroatoms. The van der Waals surface area contributed by atoms with Gasteiger partial charge in [0.2, 0.25) is 0 Å². The van der Waals surface area contributed by atoms with Crippen LogP contribution in [-0.4, -0.2) is 0 Å². The van der Waals surface area contributed by atoms with Crippen LogP contribution < -0.4 is 0 Å². The van der Waals surface area contributed by atoms with Crippen LogP contribution in [0.4, 0.5) is 5.69 Å². The molecule has 0 saturated carbocycles. The predicted molar refractivity (Wildman–Crippen MR) is 91.3 cm³/mol. The standard InChI is InChI=1S/C20H18N2/c1-16(17-8-4-2-5-9-17)21-22-20-14-12-19(13-15-20)18-10-6-3-7-11-18/h2-16H,1H3. The van der Waals surface area contributed by atoms with Gasteiger partial charge in [-0.25, -0.2) is 0 Å². The van der Waals surface area contributed by atoms with Gasteiger partial charge in [-0.2, -0.15) is 10.2 Å². The van der Waals surface area contributed by atoms with E-state index in [4.69, 9.17) is 0 Å². The molecule has 22 heavy (non-hydrogen) atoms. The largest absolute Gasteiger partial charge is 0.181 e. The maximum Gasteiger partial charge on any atom is 0.0934 e. The molecule has 0 saturated heterocycles. The summed E-state index contributed by atoms with van der Waals surface area (Å²) in [6, 6.07) is 28.8. The molecule has 0 aliphatic rings. The highest BCUT2D eigenvalue weighted by atomic mass is 15.1. The lowest BCUT2D eigenvalue weighted by atomic mass is 10.1. The van der Waals surface area contributed by atoms with Crippen molar-refractivity contribution in [2.75, 3.05) is 0 Å². The Morgan fingerprint density at radius 3 is 1.82 bits per heavy atom. The second-order valence-corrected chi connectivity index (χ2v) is 5.22. The first-order chi connectivity index (χ1) is 10.8. The summed E-state index contributed by atoms with van der Waals surface area (Å²) in [5.74, 6) is 0. The molecule has 0 radical (unpaired) electrons. The van der Waals surface area contributed by atoms with Gasteiger partial charge in [0, 0.05) is 0 Å². The molecule has 3 rings (SSSR count). The number of benzene rings is 3. The van der Waals surface area contributed by atoms with Gasteiger partial charge < -0.3 is 0 Å². The molecule has 0 fully saturated rings. The van der Waals surface area contributed by atoms with Crippen molar-refractivity contribution in [3.63, 3.8) is 0 Å². The monoisotopic (exact) mass is 286 g/mol. The molecule has 0 N–H and O–H groups in total. The normalized spacial score (nSPS) is 12.4. The van der Waals surface area contributed by atoms with Crippen LogP contribution in [0.5, 0.6) is 0 Å². The Hall–Kier alpha value is -2.74. The summed E-state index contributed by atoms with van der Waals surface area (Å²) in [7, 11) is 0. The summed E-state index contributed by atoms with van der Waals surface area (Å²) in [5.41, 5.74) is 4.45. The van der Waals surface area contributed by atoms with Crippen LogP contribution >= 0.6 is 0 Å². The summed E-state index contributed by atoms with van der Waals surface area (Å²) in [6.45, 7) is 2.05. The lowest BCUT2D eigenvalue weighted by molar-refractivity contribution is 0.764. The van der Waals surface area contributed by atoms with Crippen LogP contribution in [0.3, 0.4) is 0 Å². The molecule has 3 aromatic carbocycles. The molecule has 0 heterocycles. The second-order valence-electron chi connectivity index (χ2n) is 5.22. The van der Waals surface area contributed by atoms with Crippen molar-refractivity contribution >= 4 is 5.69 Å². The van der Waals surface area contributed by atoms with Crippen LogP contribution in [0.25, 0.3) is 11.1 Å². The zero-order valence-corrected chi connectivity index (χ0v) is 12.6. The van der Waals surface area contributed by atoms with E-state index in [1.807, 2.05) is 48.5 Å². The van der Waals surface area contributed by atoms with E-state index in [0.29, 0.717) is 0 Å². The Labute approximate surface area is 131 Å². The van der Waals surface area contributed by atoms with E-state index in [-0.39, 0.29) is 6.04 Å². The maximum atomic E-state index is 4.39. The first-order valence-corrected chi connectivity index (χ1v) is 7.44. The van der Waals surface area contributed by atoms with E-state index >= 15 is 0 Å². The van der Waals surface area contributed by atoms with Gasteiger partial charge in [-0.15, -0.1) is 0 Å². The average Bonchev–Trinajstić information content (AvgIpc) is 2.61. The molecule has 3 aromatic rings. The minimum atomic E-state index is 0.0648. The van der Waals surface area contributed by atoms with E-state index in [0.717, 1.165) is 5.69 Å². The molecular weight excluding hydrogens is 268 g/mol. The molecular formula is C20H18N2. The summed E-state index contributed by atoms with van der Waals surface area (Å²) in [5, 5.41) is 8.73. The van der Waals surface area contributed by atoms with Crippen molar-refractivity contribution in [1.29, 1.82) is 0 Å². The highest BCUT2D eigenvalue weighted by Crippen LogP contribution is 2.24. The van der Waals surface area contributed by atoms with Crippen LogP contribution in [-0.2, 0) is 0 Å². The van der Waals surface area contributed by atoms with E-state index in [9.17, 15) is 0 Å². The van der Waals surface area contributed by atoms with Crippen LogP contribution in [0, 0.1) is 0 Å². The molecule has 1 unspecified atom stereocenters. The van der Waals surface area contributed by atoms with Gasteiger partial charge in [0.15, 0.2) is 0 Å².